The summed E-state index contributed by atoms with van der Waals surface area (Å²) < 4.78 is 58.6. The van der Waals surface area contributed by atoms with Gasteiger partial charge in [0.05, 0.1) is 33.3 Å². The van der Waals surface area contributed by atoms with Crippen molar-refractivity contribution in [3.05, 3.63) is 78.4 Å². The summed E-state index contributed by atoms with van der Waals surface area (Å²) in [5.41, 5.74) is 8.31. The van der Waals surface area contributed by atoms with Crippen LogP contribution in [0.2, 0.25) is 0 Å². The van der Waals surface area contributed by atoms with Crippen molar-refractivity contribution in [3.63, 3.8) is 0 Å². The van der Waals surface area contributed by atoms with E-state index in [1.165, 1.54) is 19.3 Å². The number of rotatable bonds is 11. The summed E-state index contributed by atoms with van der Waals surface area (Å²) in [6, 6.07) is 16.5. The maximum atomic E-state index is 15.8. The van der Waals surface area contributed by atoms with Gasteiger partial charge in [-0.25, -0.2) is 19.3 Å². The maximum absolute atomic E-state index is 15.8. The maximum Gasteiger partial charge on any atom is 0.328 e. The van der Waals surface area contributed by atoms with Crippen LogP contribution in [0.3, 0.4) is 0 Å². The number of nitrogens with two attached hydrogens (primary N) is 1. The van der Waals surface area contributed by atoms with Gasteiger partial charge in [0.1, 0.15) is 29.8 Å². The molecule has 0 saturated carbocycles. The molecule has 2 aromatic heterocycles. The summed E-state index contributed by atoms with van der Waals surface area (Å²) >= 11 is 0. The molecule has 5 atom stereocenters. The van der Waals surface area contributed by atoms with E-state index in [4.69, 9.17) is 29.0 Å². The molecule has 0 radical (unpaired) electrons. The minimum absolute atomic E-state index is 0.0948. The normalized spacial score (nSPS) is 22.6. The first kappa shape index (κ1) is 27.2. The zero-order chi connectivity index (χ0) is 27.4. The molecular formula is C26H29FN5O6P. The van der Waals surface area contributed by atoms with Gasteiger partial charge in [0.15, 0.2) is 23.9 Å². The van der Waals surface area contributed by atoms with Crippen LogP contribution in [0.5, 0.6) is 5.75 Å². The predicted molar refractivity (Wildman–Crippen MR) is 141 cm³/mol. The molecule has 1 aliphatic rings. The van der Waals surface area contributed by atoms with Crippen LogP contribution in [-0.2, 0) is 36.3 Å². The summed E-state index contributed by atoms with van der Waals surface area (Å²) in [4.78, 5) is 12.5. The van der Waals surface area contributed by atoms with E-state index in [0.29, 0.717) is 16.9 Å². The molecule has 39 heavy (non-hydrogen) atoms. The molecule has 3 heterocycles. The van der Waals surface area contributed by atoms with E-state index in [2.05, 4.69) is 15.0 Å². The van der Waals surface area contributed by atoms with Crippen molar-refractivity contribution in [3.8, 4) is 5.75 Å². The van der Waals surface area contributed by atoms with Gasteiger partial charge in [-0.05, 0) is 23.3 Å². The van der Waals surface area contributed by atoms with Crippen LogP contribution in [0.1, 0.15) is 17.4 Å². The van der Waals surface area contributed by atoms with Crippen LogP contribution < -0.4 is 10.5 Å². The molecule has 0 spiro atoms. The third-order valence-electron chi connectivity index (χ3n) is 6.31. The van der Waals surface area contributed by atoms with Crippen LogP contribution in [0, 0.1) is 0 Å². The van der Waals surface area contributed by atoms with Crippen LogP contribution in [0.25, 0.3) is 11.2 Å². The van der Waals surface area contributed by atoms with E-state index in [-0.39, 0.29) is 25.6 Å². The van der Waals surface area contributed by atoms with Crippen molar-refractivity contribution in [2.24, 2.45) is 0 Å². The average molecular weight is 558 g/mol. The standard InChI is InChI=1S/C26H29FN5O6P/c1-34-19-10-8-18(9-11-19)12-35-23-21(27)20(14-37-39(2,33)36-13-17-6-4-3-5-7-17)38-26(23)32-16-31-22-24(28)29-15-30-25(22)32/h3-11,15-16,20-21,23,26H,12-14H2,1-2H3,(H2,28,29,30)/t20-,21-,23?,26-,39?/m1/s1. The Hall–Kier alpha value is -3.41. The van der Waals surface area contributed by atoms with Gasteiger partial charge < -0.3 is 29.0 Å². The Morgan fingerprint density at radius 1 is 1.03 bits per heavy atom. The van der Waals surface area contributed by atoms with Crippen molar-refractivity contribution in [1.29, 1.82) is 0 Å². The number of benzene rings is 2. The smallest absolute Gasteiger partial charge is 0.328 e. The second kappa shape index (κ2) is 11.8. The highest BCUT2D eigenvalue weighted by Gasteiger charge is 2.48. The highest BCUT2D eigenvalue weighted by molar-refractivity contribution is 7.52. The minimum Gasteiger partial charge on any atom is -0.497 e. The highest BCUT2D eigenvalue weighted by atomic mass is 31.2. The number of ether oxygens (including phenoxy) is 3. The number of hydrogen-bond donors (Lipinski definition) is 1. The first-order chi connectivity index (χ1) is 18.8. The Morgan fingerprint density at radius 2 is 1.77 bits per heavy atom. The van der Waals surface area contributed by atoms with Gasteiger partial charge in [-0.15, -0.1) is 0 Å². The number of halogens is 1. The minimum atomic E-state index is -3.51. The predicted octanol–water partition coefficient (Wildman–Crippen LogP) is 4.29. The number of alkyl halides is 1. The van der Waals surface area contributed by atoms with E-state index in [1.807, 2.05) is 42.5 Å². The Kier molecular flexibility index (Phi) is 8.20. The van der Waals surface area contributed by atoms with Crippen molar-refractivity contribution in [2.75, 3.05) is 26.1 Å². The van der Waals surface area contributed by atoms with E-state index in [0.717, 1.165) is 11.1 Å². The molecule has 13 heteroatoms. The van der Waals surface area contributed by atoms with E-state index >= 15 is 4.39 Å². The third-order valence-corrected chi connectivity index (χ3v) is 7.53. The van der Waals surface area contributed by atoms with Crippen LogP contribution in [-0.4, -0.2) is 58.3 Å². The molecule has 5 rings (SSSR count). The summed E-state index contributed by atoms with van der Waals surface area (Å²) in [5, 5.41) is 0. The Bertz CT molecular complexity index is 1440. The van der Waals surface area contributed by atoms with Gasteiger partial charge in [0.25, 0.3) is 0 Å². The number of nitrogen functional groups attached to an aromatic ring is 1. The molecule has 1 aliphatic heterocycles. The van der Waals surface area contributed by atoms with Gasteiger partial charge in [-0.2, -0.15) is 0 Å². The largest absolute Gasteiger partial charge is 0.497 e. The zero-order valence-electron chi connectivity index (χ0n) is 21.4. The molecule has 206 valence electrons. The summed E-state index contributed by atoms with van der Waals surface area (Å²) in [6.07, 6.45) is -1.99. The third kappa shape index (κ3) is 6.26. The lowest BCUT2D eigenvalue weighted by atomic mass is 10.1. The van der Waals surface area contributed by atoms with Gasteiger partial charge in [-0.3, -0.25) is 9.13 Å². The lowest BCUT2D eigenvalue weighted by Crippen LogP contribution is -2.32. The molecule has 2 N–H and O–H groups in total. The first-order valence-corrected chi connectivity index (χ1v) is 14.2. The fourth-order valence-corrected chi connectivity index (χ4v) is 5.09. The van der Waals surface area contributed by atoms with E-state index in [1.54, 1.807) is 23.8 Å². The van der Waals surface area contributed by atoms with Gasteiger partial charge in [0.2, 0.25) is 0 Å². The molecule has 0 bridgehead atoms. The number of methoxy groups -OCH3 is 1. The van der Waals surface area contributed by atoms with Crippen LogP contribution >= 0.6 is 7.60 Å². The summed E-state index contributed by atoms with van der Waals surface area (Å²) in [5.74, 6) is 0.883. The molecule has 0 aliphatic carbocycles. The summed E-state index contributed by atoms with van der Waals surface area (Å²) in [6.45, 7) is 1.24. The van der Waals surface area contributed by atoms with Crippen molar-refractivity contribution in [1.82, 2.24) is 19.5 Å². The molecule has 2 aromatic carbocycles. The highest BCUT2D eigenvalue weighted by Crippen LogP contribution is 2.46. The lowest BCUT2D eigenvalue weighted by molar-refractivity contribution is -0.0733. The van der Waals surface area contributed by atoms with Crippen molar-refractivity contribution in [2.45, 2.75) is 37.8 Å². The van der Waals surface area contributed by atoms with Gasteiger partial charge >= 0.3 is 7.60 Å². The Labute approximate surface area is 224 Å². The molecule has 1 saturated heterocycles. The Morgan fingerprint density at radius 3 is 2.51 bits per heavy atom. The molecule has 4 aromatic rings. The molecule has 2 unspecified atom stereocenters. The zero-order valence-corrected chi connectivity index (χ0v) is 22.3. The number of anilines is 1. The van der Waals surface area contributed by atoms with Crippen molar-refractivity contribution >= 4 is 24.6 Å². The number of nitrogens with zero attached hydrogens (tertiary/aromatic N) is 4. The van der Waals surface area contributed by atoms with Crippen LogP contribution in [0.4, 0.5) is 10.2 Å². The van der Waals surface area contributed by atoms with Gasteiger partial charge in [0, 0.05) is 6.66 Å². The number of hydrogen-bond acceptors (Lipinski definition) is 10. The molecular weight excluding hydrogens is 528 g/mol. The molecule has 0 amide bonds. The van der Waals surface area contributed by atoms with E-state index in [9.17, 15) is 4.57 Å². The number of imidazole rings is 1. The lowest BCUT2D eigenvalue weighted by Gasteiger charge is -2.21. The monoisotopic (exact) mass is 557 g/mol. The fourth-order valence-electron chi connectivity index (χ4n) is 4.21. The van der Waals surface area contributed by atoms with Crippen LogP contribution in [0.15, 0.2) is 67.3 Å². The first-order valence-electron chi connectivity index (χ1n) is 12.2. The van der Waals surface area contributed by atoms with Crippen molar-refractivity contribution < 1.29 is 32.2 Å². The fraction of sp³-hybridized carbons (Fsp3) is 0.346. The quantitative estimate of drug-likeness (QED) is 0.266. The van der Waals surface area contributed by atoms with Gasteiger partial charge in [-0.1, -0.05) is 42.5 Å². The number of fused-ring (bicyclic) bond motifs is 1. The second-order valence-electron chi connectivity index (χ2n) is 9.04. The topological polar surface area (TPSA) is 133 Å². The average Bonchev–Trinajstić information content (AvgIpc) is 3.52. The summed E-state index contributed by atoms with van der Waals surface area (Å²) in [7, 11) is -1.93. The number of aromatic nitrogens is 4. The Balaban J connectivity index is 1.32. The second-order valence-corrected chi connectivity index (χ2v) is 11.1. The molecule has 11 nitrogen and oxygen atoms in total. The molecule has 1 fully saturated rings. The SMILES string of the molecule is COc1ccc(COC2[C@H](n3cnc4c(N)ncnc43)O[C@H](COP(C)(=O)OCc3ccccc3)[C@H]2F)cc1. The van der Waals surface area contributed by atoms with E-state index < -0.39 is 32.2 Å².